The molecule has 2 atom stereocenters. The van der Waals surface area contributed by atoms with Gasteiger partial charge in [0.25, 0.3) is 0 Å². The number of alkyl halides is 1. The molecule has 3 heteroatoms. The van der Waals surface area contributed by atoms with Gasteiger partial charge in [0, 0.05) is 11.3 Å². The molecule has 0 spiro atoms. The summed E-state index contributed by atoms with van der Waals surface area (Å²) in [5, 5.41) is 0.0640. The molecule has 0 saturated heterocycles. The number of nitrogens with zero attached hydrogens (tertiary/aromatic N) is 2. The molecule has 1 aromatic carbocycles. The Labute approximate surface area is 101 Å². The fourth-order valence-electron chi connectivity index (χ4n) is 1.75. The molecule has 0 radical (unpaired) electrons. The first-order chi connectivity index (χ1) is 7.59. The molecule has 0 amide bonds. The van der Waals surface area contributed by atoms with Crippen molar-refractivity contribution in [1.82, 2.24) is 9.97 Å². The second-order valence-electron chi connectivity index (χ2n) is 4.15. The van der Waals surface area contributed by atoms with E-state index < -0.39 is 0 Å². The minimum absolute atomic E-state index is 0.0640. The maximum absolute atomic E-state index is 6.12. The van der Waals surface area contributed by atoms with Gasteiger partial charge in [-0.25, -0.2) is 9.97 Å². The van der Waals surface area contributed by atoms with Crippen LogP contribution in [0.1, 0.15) is 31.2 Å². The highest BCUT2D eigenvalue weighted by Gasteiger charge is 2.17. The average Bonchev–Trinajstić information content (AvgIpc) is 2.27. The summed E-state index contributed by atoms with van der Waals surface area (Å²) in [7, 11) is 0. The molecular weight excluding hydrogens is 220 g/mol. The third kappa shape index (κ3) is 2.03. The van der Waals surface area contributed by atoms with Crippen molar-refractivity contribution < 1.29 is 0 Å². The van der Waals surface area contributed by atoms with Gasteiger partial charge in [-0.05, 0) is 26.0 Å². The zero-order valence-electron chi connectivity index (χ0n) is 9.74. The molecule has 1 aromatic heterocycles. The van der Waals surface area contributed by atoms with E-state index in [1.165, 1.54) is 0 Å². The summed E-state index contributed by atoms with van der Waals surface area (Å²) in [6.07, 6.45) is 0. The van der Waals surface area contributed by atoms with Crippen molar-refractivity contribution in [3.8, 4) is 0 Å². The molecule has 0 aliphatic heterocycles. The number of hydrogen-bond acceptors (Lipinski definition) is 2. The van der Waals surface area contributed by atoms with E-state index in [2.05, 4.69) is 16.9 Å². The molecule has 2 rings (SSSR count). The molecule has 0 aliphatic carbocycles. The van der Waals surface area contributed by atoms with Crippen LogP contribution in [-0.4, -0.2) is 15.3 Å². The van der Waals surface area contributed by atoms with Crippen LogP contribution >= 0.6 is 11.6 Å². The van der Waals surface area contributed by atoms with E-state index >= 15 is 0 Å². The zero-order valence-corrected chi connectivity index (χ0v) is 10.5. The number of para-hydroxylation sites is 2. The van der Waals surface area contributed by atoms with Gasteiger partial charge in [-0.3, -0.25) is 0 Å². The Morgan fingerprint density at radius 2 is 1.62 bits per heavy atom. The fraction of sp³-hybridized carbons (Fsp3) is 0.385. The SMILES string of the molecule is Cc1nc2ccccc2nc1C(C)C(C)Cl. The number of fused-ring (bicyclic) bond motifs is 1. The molecule has 0 N–H and O–H groups in total. The van der Waals surface area contributed by atoms with Gasteiger partial charge in [-0.15, -0.1) is 11.6 Å². The Bertz CT molecular complexity index is 508. The van der Waals surface area contributed by atoms with Gasteiger partial charge in [0.15, 0.2) is 0 Å². The molecule has 0 aliphatic rings. The molecule has 0 bridgehead atoms. The summed E-state index contributed by atoms with van der Waals surface area (Å²) in [6, 6.07) is 7.92. The topological polar surface area (TPSA) is 25.8 Å². The van der Waals surface area contributed by atoms with Crippen molar-refractivity contribution in [1.29, 1.82) is 0 Å². The largest absolute Gasteiger partial charge is 0.250 e. The first-order valence-electron chi connectivity index (χ1n) is 5.47. The normalized spacial score (nSPS) is 15.0. The van der Waals surface area contributed by atoms with Gasteiger partial charge < -0.3 is 0 Å². The van der Waals surface area contributed by atoms with Crippen molar-refractivity contribution in [3.63, 3.8) is 0 Å². The van der Waals surface area contributed by atoms with E-state index in [1.807, 2.05) is 38.1 Å². The Morgan fingerprint density at radius 3 is 2.19 bits per heavy atom. The van der Waals surface area contributed by atoms with Crippen molar-refractivity contribution in [3.05, 3.63) is 35.7 Å². The summed E-state index contributed by atoms with van der Waals surface area (Å²) in [4.78, 5) is 9.21. The third-order valence-corrected chi connectivity index (χ3v) is 3.28. The van der Waals surface area contributed by atoms with Gasteiger partial charge in [0.05, 0.1) is 22.4 Å². The molecule has 2 aromatic rings. The molecular formula is C13H15ClN2. The van der Waals surface area contributed by atoms with Crippen LogP contribution < -0.4 is 0 Å². The lowest BCUT2D eigenvalue weighted by Gasteiger charge is -2.15. The van der Waals surface area contributed by atoms with E-state index in [9.17, 15) is 0 Å². The number of hydrogen-bond donors (Lipinski definition) is 0. The molecule has 2 unspecified atom stereocenters. The van der Waals surface area contributed by atoms with Crippen LogP contribution in [0.2, 0.25) is 0 Å². The summed E-state index contributed by atoms with van der Waals surface area (Å²) < 4.78 is 0. The number of aryl methyl sites for hydroxylation is 1. The van der Waals surface area contributed by atoms with Gasteiger partial charge in [-0.2, -0.15) is 0 Å². The van der Waals surface area contributed by atoms with Gasteiger partial charge in [0.2, 0.25) is 0 Å². The number of rotatable bonds is 2. The monoisotopic (exact) mass is 234 g/mol. The zero-order chi connectivity index (χ0) is 11.7. The van der Waals surface area contributed by atoms with E-state index in [4.69, 9.17) is 11.6 Å². The van der Waals surface area contributed by atoms with E-state index in [-0.39, 0.29) is 11.3 Å². The van der Waals surface area contributed by atoms with Crippen LogP contribution in [0.15, 0.2) is 24.3 Å². The summed E-state index contributed by atoms with van der Waals surface area (Å²) in [5.41, 5.74) is 3.85. The Morgan fingerprint density at radius 1 is 1.06 bits per heavy atom. The summed E-state index contributed by atoms with van der Waals surface area (Å²) >= 11 is 6.12. The summed E-state index contributed by atoms with van der Waals surface area (Å²) in [5.74, 6) is 0.221. The minimum atomic E-state index is 0.0640. The lowest BCUT2D eigenvalue weighted by molar-refractivity contribution is 0.708. The first-order valence-corrected chi connectivity index (χ1v) is 5.90. The smallest absolute Gasteiger partial charge is 0.0890 e. The Balaban J connectivity index is 2.58. The second-order valence-corrected chi connectivity index (χ2v) is 4.84. The maximum atomic E-state index is 6.12. The third-order valence-electron chi connectivity index (χ3n) is 2.90. The minimum Gasteiger partial charge on any atom is -0.250 e. The molecule has 16 heavy (non-hydrogen) atoms. The Kier molecular flexibility index (Phi) is 3.10. The van der Waals surface area contributed by atoms with Gasteiger partial charge in [-0.1, -0.05) is 19.1 Å². The van der Waals surface area contributed by atoms with Crippen molar-refractivity contribution >= 4 is 22.6 Å². The van der Waals surface area contributed by atoms with Crippen LogP contribution in [-0.2, 0) is 0 Å². The quantitative estimate of drug-likeness (QED) is 0.741. The summed E-state index contributed by atoms with van der Waals surface area (Å²) in [6.45, 7) is 6.07. The van der Waals surface area contributed by atoms with Crippen LogP contribution in [0.3, 0.4) is 0 Å². The molecule has 2 nitrogen and oxygen atoms in total. The molecule has 84 valence electrons. The van der Waals surface area contributed by atoms with Crippen molar-refractivity contribution in [2.24, 2.45) is 0 Å². The predicted molar refractivity (Wildman–Crippen MR) is 68.0 cm³/mol. The van der Waals surface area contributed by atoms with Crippen LogP contribution in [0.5, 0.6) is 0 Å². The lowest BCUT2D eigenvalue weighted by atomic mass is 10.0. The standard InChI is InChI=1S/C13H15ClN2/c1-8(9(2)14)13-10(3)15-11-6-4-5-7-12(11)16-13/h4-9H,1-3H3. The molecule has 0 saturated carbocycles. The van der Waals surface area contributed by atoms with Crippen LogP contribution in [0, 0.1) is 6.92 Å². The highest BCUT2D eigenvalue weighted by atomic mass is 35.5. The lowest BCUT2D eigenvalue weighted by Crippen LogP contribution is -2.10. The van der Waals surface area contributed by atoms with Crippen LogP contribution in [0.4, 0.5) is 0 Å². The van der Waals surface area contributed by atoms with Crippen molar-refractivity contribution in [2.75, 3.05) is 0 Å². The Hall–Kier alpha value is -1.15. The van der Waals surface area contributed by atoms with E-state index in [0.29, 0.717) is 0 Å². The fourth-order valence-corrected chi connectivity index (χ4v) is 1.87. The van der Waals surface area contributed by atoms with E-state index in [1.54, 1.807) is 0 Å². The van der Waals surface area contributed by atoms with Crippen molar-refractivity contribution in [2.45, 2.75) is 32.1 Å². The van der Waals surface area contributed by atoms with Gasteiger partial charge in [0.1, 0.15) is 0 Å². The first kappa shape index (κ1) is 11.3. The molecule has 1 heterocycles. The van der Waals surface area contributed by atoms with E-state index in [0.717, 1.165) is 22.4 Å². The predicted octanol–water partition coefficient (Wildman–Crippen LogP) is 3.67. The number of benzene rings is 1. The van der Waals surface area contributed by atoms with Gasteiger partial charge >= 0.3 is 0 Å². The highest BCUT2D eigenvalue weighted by molar-refractivity contribution is 6.20. The highest BCUT2D eigenvalue weighted by Crippen LogP contribution is 2.24. The number of halogens is 1. The number of aromatic nitrogens is 2. The second kappa shape index (κ2) is 4.38. The average molecular weight is 235 g/mol. The molecule has 0 fully saturated rings. The van der Waals surface area contributed by atoms with Crippen LogP contribution in [0.25, 0.3) is 11.0 Å². The maximum Gasteiger partial charge on any atom is 0.0890 e.